The number of ether oxygens (including phenoxy) is 2. The minimum absolute atomic E-state index is 0.0868. The average molecular weight is 419 g/mol. The number of carboxylic acids is 2. The SMILES string of the molecule is COc1cccc(Cn2cncc2CC(NC(CC(C)C)C(=O)O)C(=O)O)c1OC. The number of aromatic nitrogens is 2. The summed E-state index contributed by atoms with van der Waals surface area (Å²) in [5, 5.41) is 21.9. The Balaban J connectivity index is 2.22. The molecule has 2 atom stereocenters. The van der Waals surface area contributed by atoms with Gasteiger partial charge in [-0.3, -0.25) is 14.9 Å². The first-order valence-corrected chi connectivity index (χ1v) is 9.67. The lowest BCUT2D eigenvalue weighted by Crippen LogP contribution is -2.49. The first-order chi connectivity index (χ1) is 14.3. The van der Waals surface area contributed by atoms with Crippen molar-refractivity contribution < 1.29 is 29.3 Å². The number of aliphatic carboxylic acids is 2. The molecule has 0 radical (unpaired) electrons. The maximum Gasteiger partial charge on any atom is 0.321 e. The van der Waals surface area contributed by atoms with Gasteiger partial charge in [-0.2, -0.15) is 0 Å². The van der Waals surface area contributed by atoms with Crippen LogP contribution in [0.2, 0.25) is 0 Å². The summed E-state index contributed by atoms with van der Waals surface area (Å²) < 4.78 is 12.6. The van der Waals surface area contributed by atoms with E-state index in [4.69, 9.17) is 9.47 Å². The highest BCUT2D eigenvalue weighted by Crippen LogP contribution is 2.31. The lowest BCUT2D eigenvalue weighted by molar-refractivity contribution is -0.142. The third-order valence-electron chi connectivity index (χ3n) is 4.74. The van der Waals surface area contributed by atoms with E-state index in [1.807, 2.05) is 30.5 Å². The molecule has 0 fully saturated rings. The smallest absolute Gasteiger partial charge is 0.321 e. The van der Waals surface area contributed by atoms with Gasteiger partial charge in [-0.15, -0.1) is 0 Å². The number of benzene rings is 1. The number of carbonyl (C=O) groups is 2. The Morgan fingerprint density at radius 3 is 2.40 bits per heavy atom. The summed E-state index contributed by atoms with van der Waals surface area (Å²) in [5.41, 5.74) is 1.51. The molecule has 1 aromatic carbocycles. The van der Waals surface area contributed by atoms with E-state index in [0.29, 0.717) is 30.2 Å². The number of para-hydroxylation sites is 1. The fourth-order valence-electron chi connectivity index (χ4n) is 3.30. The molecule has 2 unspecified atom stereocenters. The normalized spacial score (nSPS) is 13.1. The highest BCUT2D eigenvalue weighted by atomic mass is 16.5. The minimum Gasteiger partial charge on any atom is -0.493 e. The quantitative estimate of drug-likeness (QED) is 0.478. The van der Waals surface area contributed by atoms with Crippen molar-refractivity contribution >= 4 is 11.9 Å². The maximum atomic E-state index is 11.8. The highest BCUT2D eigenvalue weighted by molar-refractivity contribution is 5.77. The van der Waals surface area contributed by atoms with Gasteiger partial charge in [0.05, 0.1) is 27.1 Å². The van der Waals surface area contributed by atoms with Crippen molar-refractivity contribution in [1.82, 2.24) is 14.9 Å². The molecule has 9 nitrogen and oxygen atoms in total. The van der Waals surface area contributed by atoms with E-state index in [-0.39, 0.29) is 12.3 Å². The van der Waals surface area contributed by atoms with Gasteiger partial charge < -0.3 is 24.3 Å². The average Bonchev–Trinajstić information content (AvgIpc) is 3.12. The third-order valence-corrected chi connectivity index (χ3v) is 4.74. The van der Waals surface area contributed by atoms with E-state index < -0.39 is 24.0 Å². The van der Waals surface area contributed by atoms with Crippen molar-refractivity contribution in [2.75, 3.05) is 14.2 Å². The second-order valence-corrected chi connectivity index (χ2v) is 7.45. The lowest BCUT2D eigenvalue weighted by Gasteiger charge is -2.22. The molecular weight excluding hydrogens is 390 g/mol. The van der Waals surface area contributed by atoms with Crippen molar-refractivity contribution in [2.45, 2.75) is 45.3 Å². The second-order valence-electron chi connectivity index (χ2n) is 7.45. The van der Waals surface area contributed by atoms with Crippen molar-refractivity contribution in [3.63, 3.8) is 0 Å². The van der Waals surface area contributed by atoms with Gasteiger partial charge in [0, 0.05) is 23.9 Å². The molecule has 0 aliphatic heterocycles. The maximum absolute atomic E-state index is 11.8. The molecule has 0 spiro atoms. The summed E-state index contributed by atoms with van der Waals surface area (Å²) in [5.74, 6) is -0.879. The van der Waals surface area contributed by atoms with Crippen LogP contribution in [-0.2, 0) is 22.6 Å². The molecule has 1 aromatic heterocycles. The van der Waals surface area contributed by atoms with E-state index in [1.54, 1.807) is 32.8 Å². The number of carboxylic acid groups (broad SMARTS) is 2. The zero-order valence-corrected chi connectivity index (χ0v) is 17.7. The zero-order chi connectivity index (χ0) is 22.3. The predicted octanol–water partition coefficient (Wildman–Crippen LogP) is 2.03. The van der Waals surface area contributed by atoms with E-state index >= 15 is 0 Å². The Morgan fingerprint density at radius 2 is 1.83 bits per heavy atom. The molecule has 0 aliphatic carbocycles. The summed E-state index contributed by atoms with van der Waals surface area (Å²) >= 11 is 0. The van der Waals surface area contributed by atoms with Gasteiger partial charge in [0.2, 0.25) is 0 Å². The summed E-state index contributed by atoms with van der Waals surface area (Å²) in [7, 11) is 3.12. The van der Waals surface area contributed by atoms with Crippen molar-refractivity contribution in [3.8, 4) is 11.5 Å². The molecule has 2 aromatic rings. The van der Waals surface area contributed by atoms with Gasteiger partial charge in [-0.1, -0.05) is 26.0 Å². The Hall–Kier alpha value is -3.07. The molecule has 2 rings (SSSR count). The third kappa shape index (κ3) is 5.96. The molecular formula is C21H29N3O6. The number of nitrogens with one attached hydrogen (secondary N) is 1. The fourth-order valence-corrected chi connectivity index (χ4v) is 3.30. The molecule has 0 amide bonds. The molecule has 0 bridgehead atoms. The Kier molecular flexibility index (Phi) is 8.23. The van der Waals surface area contributed by atoms with Crippen LogP contribution in [0.5, 0.6) is 11.5 Å². The summed E-state index contributed by atoms with van der Waals surface area (Å²) in [6, 6.07) is 3.52. The first-order valence-electron chi connectivity index (χ1n) is 9.67. The highest BCUT2D eigenvalue weighted by Gasteiger charge is 2.27. The molecule has 9 heteroatoms. The molecule has 0 saturated heterocycles. The Labute approximate surface area is 175 Å². The molecule has 164 valence electrons. The van der Waals surface area contributed by atoms with Crippen LogP contribution in [-0.4, -0.2) is 58.0 Å². The van der Waals surface area contributed by atoms with Crippen LogP contribution in [0.3, 0.4) is 0 Å². The van der Waals surface area contributed by atoms with Gasteiger partial charge in [-0.05, 0) is 18.4 Å². The minimum atomic E-state index is -1.11. The van der Waals surface area contributed by atoms with Gasteiger partial charge in [-0.25, -0.2) is 4.98 Å². The van der Waals surface area contributed by atoms with Crippen molar-refractivity contribution in [3.05, 3.63) is 42.0 Å². The first kappa shape index (κ1) is 23.2. The number of imidazole rings is 1. The van der Waals surface area contributed by atoms with Crippen molar-refractivity contribution in [2.24, 2.45) is 5.92 Å². The lowest BCUT2D eigenvalue weighted by atomic mass is 10.0. The number of hydrogen-bond acceptors (Lipinski definition) is 6. The van der Waals surface area contributed by atoms with E-state index in [2.05, 4.69) is 10.3 Å². The molecule has 0 aliphatic rings. The van der Waals surface area contributed by atoms with E-state index in [9.17, 15) is 19.8 Å². The number of rotatable bonds is 12. The molecule has 3 N–H and O–H groups in total. The molecule has 30 heavy (non-hydrogen) atoms. The van der Waals surface area contributed by atoms with Crippen LogP contribution in [0.25, 0.3) is 0 Å². The zero-order valence-electron chi connectivity index (χ0n) is 17.7. The Bertz CT molecular complexity index is 864. The fraction of sp³-hybridized carbons (Fsp3) is 0.476. The van der Waals surface area contributed by atoms with E-state index in [0.717, 1.165) is 5.56 Å². The van der Waals surface area contributed by atoms with Crippen LogP contribution in [0.4, 0.5) is 0 Å². The predicted molar refractivity (Wildman–Crippen MR) is 110 cm³/mol. The summed E-state index contributed by atoms with van der Waals surface area (Å²) in [6.07, 6.45) is 3.61. The van der Waals surface area contributed by atoms with Gasteiger partial charge >= 0.3 is 11.9 Å². The molecule has 0 saturated carbocycles. The van der Waals surface area contributed by atoms with Crippen LogP contribution >= 0.6 is 0 Å². The number of nitrogens with zero attached hydrogens (tertiary/aromatic N) is 2. The van der Waals surface area contributed by atoms with Crippen LogP contribution in [0, 0.1) is 5.92 Å². The van der Waals surface area contributed by atoms with Crippen molar-refractivity contribution in [1.29, 1.82) is 0 Å². The Morgan fingerprint density at radius 1 is 1.13 bits per heavy atom. The number of hydrogen-bond donors (Lipinski definition) is 3. The number of methoxy groups -OCH3 is 2. The summed E-state index contributed by atoms with van der Waals surface area (Å²) in [4.78, 5) is 27.5. The standard InChI is InChI=1S/C21H29N3O6/c1-13(2)8-16(20(25)26)23-17(21(27)28)9-15-10-22-12-24(15)11-14-6-5-7-18(29-3)19(14)30-4/h5-7,10,12-13,16-17,23H,8-9,11H2,1-4H3,(H,25,26)(H,27,28). The monoisotopic (exact) mass is 419 g/mol. The largest absolute Gasteiger partial charge is 0.493 e. The van der Waals surface area contributed by atoms with Gasteiger partial charge in [0.25, 0.3) is 0 Å². The van der Waals surface area contributed by atoms with Crippen LogP contribution < -0.4 is 14.8 Å². The van der Waals surface area contributed by atoms with Crippen LogP contribution in [0.1, 0.15) is 31.5 Å². The van der Waals surface area contributed by atoms with E-state index in [1.165, 1.54) is 0 Å². The topological polar surface area (TPSA) is 123 Å². The van der Waals surface area contributed by atoms with Gasteiger partial charge in [0.15, 0.2) is 11.5 Å². The summed E-state index contributed by atoms with van der Waals surface area (Å²) in [6.45, 7) is 4.18. The van der Waals surface area contributed by atoms with Crippen LogP contribution in [0.15, 0.2) is 30.7 Å². The van der Waals surface area contributed by atoms with Gasteiger partial charge in [0.1, 0.15) is 12.1 Å². The molecule has 1 heterocycles. The second kappa shape index (κ2) is 10.6.